The number of tetrazole rings is 1. The Kier molecular flexibility index (Phi) is 5.85. The molecule has 2 aromatic carbocycles. The minimum atomic E-state index is -0.435. The van der Waals surface area contributed by atoms with Gasteiger partial charge in [0.25, 0.3) is 0 Å². The van der Waals surface area contributed by atoms with Crippen LogP contribution in [0.2, 0.25) is 0 Å². The molecule has 27 heavy (non-hydrogen) atoms. The third-order valence-corrected chi connectivity index (χ3v) is 5.04. The molecule has 1 amide bonds. The SMILES string of the molecule is CC(C)c1ccc(-n2nnnc2S[C@@H](C)C(=O)Nc2ccc(F)cc2)cc1. The van der Waals surface area contributed by atoms with Gasteiger partial charge in [-0.3, -0.25) is 4.79 Å². The molecule has 0 fully saturated rings. The van der Waals surface area contributed by atoms with Crippen LogP contribution in [0, 0.1) is 5.82 Å². The Balaban J connectivity index is 1.69. The van der Waals surface area contributed by atoms with E-state index in [2.05, 4.69) is 34.7 Å². The van der Waals surface area contributed by atoms with Crippen LogP contribution in [0.5, 0.6) is 0 Å². The van der Waals surface area contributed by atoms with Gasteiger partial charge in [-0.25, -0.2) is 4.39 Å². The molecule has 3 aromatic rings. The fourth-order valence-electron chi connectivity index (χ4n) is 2.40. The van der Waals surface area contributed by atoms with Crippen molar-refractivity contribution in [3.8, 4) is 5.69 Å². The maximum Gasteiger partial charge on any atom is 0.237 e. The molecule has 0 aliphatic rings. The highest BCUT2D eigenvalue weighted by molar-refractivity contribution is 8.00. The molecular formula is C19H20FN5OS. The van der Waals surface area contributed by atoms with Gasteiger partial charge in [0.15, 0.2) is 0 Å². The van der Waals surface area contributed by atoms with Crippen molar-refractivity contribution >= 4 is 23.4 Å². The number of halogens is 1. The summed E-state index contributed by atoms with van der Waals surface area (Å²) in [6.45, 7) is 6.04. The molecule has 1 aromatic heterocycles. The van der Waals surface area contributed by atoms with Crippen LogP contribution in [0.1, 0.15) is 32.3 Å². The van der Waals surface area contributed by atoms with Crippen LogP contribution >= 0.6 is 11.8 Å². The van der Waals surface area contributed by atoms with E-state index in [1.165, 1.54) is 41.6 Å². The lowest BCUT2D eigenvalue weighted by Crippen LogP contribution is -2.22. The molecule has 1 heterocycles. The Bertz CT molecular complexity index is 909. The summed E-state index contributed by atoms with van der Waals surface area (Å²) in [7, 11) is 0. The maximum atomic E-state index is 13.0. The van der Waals surface area contributed by atoms with Gasteiger partial charge in [0.05, 0.1) is 10.9 Å². The molecule has 0 saturated carbocycles. The molecule has 6 nitrogen and oxygen atoms in total. The minimum Gasteiger partial charge on any atom is -0.325 e. The molecule has 0 aliphatic heterocycles. The first-order valence-corrected chi connectivity index (χ1v) is 9.44. The fourth-order valence-corrected chi connectivity index (χ4v) is 3.21. The van der Waals surface area contributed by atoms with Crippen molar-refractivity contribution in [2.45, 2.75) is 37.1 Å². The number of aromatic nitrogens is 4. The summed E-state index contributed by atoms with van der Waals surface area (Å²) in [5.74, 6) is -0.119. The van der Waals surface area contributed by atoms with Gasteiger partial charge in [-0.1, -0.05) is 37.7 Å². The highest BCUT2D eigenvalue weighted by Crippen LogP contribution is 2.25. The standard InChI is InChI=1S/C19H20FN5OS/c1-12(2)14-4-10-17(11-5-14)25-19(22-23-24-25)27-13(3)18(26)21-16-8-6-15(20)7-9-16/h4-13H,1-3H3,(H,21,26)/t13-/m0/s1. The lowest BCUT2D eigenvalue weighted by Gasteiger charge is -2.12. The number of nitrogens with one attached hydrogen (secondary N) is 1. The lowest BCUT2D eigenvalue weighted by molar-refractivity contribution is -0.115. The number of rotatable bonds is 6. The predicted molar refractivity (Wildman–Crippen MR) is 104 cm³/mol. The van der Waals surface area contributed by atoms with Crippen molar-refractivity contribution in [1.29, 1.82) is 0 Å². The van der Waals surface area contributed by atoms with Gasteiger partial charge in [-0.05, 0) is 65.2 Å². The molecule has 3 rings (SSSR count). The van der Waals surface area contributed by atoms with E-state index in [1.54, 1.807) is 11.6 Å². The smallest absolute Gasteiger partial charge is 0.237 e. The Labute approximate surface area is 161 Å². The molecule has 0 radical (unpaired) electrons. The van der Waals surface area contributed by atoms with Gasteiger partial charge in [-0.2, -0.15) is 4.68 Å². The highest BCUT2D eigenvalue weighted by Gasteiger charge is 2.19. The third kappa shape index (κ3) is 4.71. The summed E-state index contributed by atoms with van der Waals surface area (Å²) < 4.78 is 14.6. The Morgan fingerprint density at radius 2 is 1.74 bits per heavy atom. The molecule has 1 N–H and O–H groups in total. The Morgan fingerprint density at radius 3 is 2.37 bits per heavy atom. The molecule has 8 heteroatoms. The van der Waals surface area contributed by atoms with Crippen LogP contribution in [-0.2, 0) is 4.79 Å². The first-order chi connectivity index (χ1) is 12.9. The van der Waals surface area contributed by atoms with Crippen LogP contribution in [0.3, 0.4) is 0 Å². The average Bonchev–Trinajstić information content (AvgIpc) is 3.11. The van der Waals surface area contributed by atoms with Crippen molar-refractivity contribution in [3.63, 3.8) is 0 Å². The normalized spacial score (nSPS) is 12.2. The molecule has 1 atom stereocenters. The van der Waals surface area contributed by atoms with Gasteiger partial charge >= 0.3 is 0 Å². The topological polar surface area (TPSA) is 72.7 Å². The third-order valence-electron chi connectivity index (χ3n) is 4.01. The predicted octanol–water partition coefficient (Wildman–Crippen LogP) is 4.04. The number of carbonyl (C=O) groups is 1. The zero-order valence-electron chi connectivity index (χ0n) is 15.3. The molecule has 0 unspecified atom stereocenters. The van der Waals surface area contributed by atoms with Gasteiger partial charge in [0, 0.05) is 5.69 Å². The van der Waals surface area contributed by atoms with Gasteiger partial charge in [0.1, 0.15) is 5.82 Å². The summed E-state index contributed by atoms with van der Waals surface area (Å²) in [5.41, 5.74) is 2.60. The summed E-state index contributed by atoms with van der Waals surface area (Å²) in [4.78, 5) is 12.4. The average molecular weight is 385 g/mol. The van der Waals surface area contributed by atoms with E-state index in [0.717, 1.165) is 5.69 Å². The fraction of sp³-hybridized carbons (Fsp3) is 0.263. The summed E-state index contributed by atoms with van der Waals surface area (Å²) in [6.07, 6.45) is 0. The zero-order chi connectivity index (χ0) is 19.4. The number of hydrogen-bond acceptors (Lipinski definition) is 5. The first-order valence-electron chi connectivity index (χ1n) is 8.56. The van der Waals surface area contributed by atoms with Gasteiger partial charge in [0.2, 0.25) is 11.1 Å². The van der Waals surface area contributed by atoms with Crippen molar-refractivity contribution < 1.29 is 9.18 Å². The molecule has 0 bridgehead atoms. The van der Waals surface area contributed by atoms with Crippen LogP contribution in [0.15, 0.2) is 53.7 Å². The van der Waals surface area contributed by atoms with E-state index in [0.29, 0.717) is 16.8 Å². The Hall–Kier alpha value is -2.74. The van der Waals surface area contributed by atoms with Crippen molar-refractivity contribution in [2.24, 2.45) is 0 Å². The van der Waals surface area contributed by atoms with Crippen LogP contribution in [0.25, 0.3) is 5.69 Å². The Morgan fingerprint density at radius 1 is 1.07 bits per heavy atom. The van der Waals surface area contributed by atoms with E-state index < -0.39 is 5.25 Å². The van der Waals surface area contributed by atoms with Gasteiger partial charge in [-0.15, -0.1) is 5.10 Å². The zero-order valence-corrected chi connectivity index (χ0v) is 16.1. The van der Waals surface area contributed by atoms with E-state index in [4.69, 9.17) is 0 Å². The molecule has 0 saturated heterocycles. The van der Waals surface area contributed by atoms with Crippen LogP contribution in [0.4, 0.5) is 10.1 Å². The number of benzene rings is 2. The molecule has 0 spiro atoms. The second-order valence-electron chi connectivity index (χ2n) is 6.38. The van der Waals surface area contributed by atoms with Crippen molar-refractivity contribution in [2.75, 3.05) is 5.32 Å². The number of carbonyl (C=O) groups excluding carboxylic acids is 1. The maximum absolute atomic E-state index is 13.0. The number of anilines is 1. The highest BCUT2D eigenvalue weighted by atomic mass is 32.2. The lowest BCUT2D eigenvalue weighted by atomic mass is 10.0. The summed E-state index contributed by atoms with van der Waals surface area (Å²) in [5, 5.41) is 14.6. The summed E-state index contributed by atoms with van der Waals surface area (Å²) in [6, 6.07) is 13.6. The number of thioether (sulfide) groups is 1. The molecular weight excluding hydrogens is 365 g/mol. The van der Waals surface area contributed by atoms with Crippen LogP contribution in [-0.4, -0.2) is 31.4 Å². The summed E-state index contributed by atoms with van der Waals surface area (Å²) >= 11 is 1.25. The first kappa shape index (κ1) is 19.0. The minimum absolute atomic E-state index is 0.212. The largest absolute Gasteiger partial charge is 0.325 e. The number of amides is 1. The molecule has 140 valence electrons. The number of hydrogen-bond donors (Lipinski definition) is 1. The second-order valence-corrected chi connectivity index (χ2v) is 7.68. The number of nitrogens with zero attached hydrogens (tertiary/aromatic N) is 4. The molecule has 0 aliphatic carbocycles. The quantitative estimate of drug-likeness (QED) is 0.648. The van der Waals surface area contributed by atoms with E-state index >= 15 is 0 Å². The van der Waals surface area contributed by atoms with E-state index in [-0.39, 0.29) is 11.7 Å². The van der Waals surface area contributed by atoms with Gasteiger partial charge < -0.3 is 5.32 Å². The van der Waals surface area contributed by atoms with Crippen molar-refractivity contribution in [3.05, 3.63) is 59.9 Å². The van der Waals surface area contributed by atoms with E-state index in [9.17, 15) is 9.18 Å². The van der Waals surface area contributed by atoms with Crippen molar-refractivity contribution in [1.82, 2.24) is 20.2 Å². The monoisotopic (exact) mass is 385 g/mol. The van der Waals surface area contributed by atoms with E-state index in [1.807, 2.05) is 24.3 Å². The second kappa shape index (κ2) is 8.30. The van der Waals surface area contributed by atoms with Crippen LogP contribution < -0.4 is 5.32 Å².